The van der Waals surface area contributed by atoms with Crippen LogP contribution in [-0.2, 0) is 4.79 Å². The summed E-state index contributed by atoms with van der Waals surface area (Å²) in [7, 11) is 0. The van der Waals surface area contributed by atoms with E-state index in [4.69, 9.17) is 0 Å². The minimum atomic E-state index is -0.158. The average Bonchev–Trinajstić information content (AvgIpc) is 2.42. The Labute approximate surface area is 118 Å². The summed E-state index contributed by atoms with van der Waals surface area (Å²) in [5.41, 5.74) is 2.19. The molecule has 1 aromatic rings. The van der Waals surface area contributed by atoms with E-state index >= 15 is 0 Å². The molecule has 2 heterocycles. The molecule has 1 aliphatic heterocycles. The van der Waals surface area contributed by atoms with Gasteiger partial charge in [0, 0.05) is 37.4 Å². The van der Waals surface area contributed by atoms with Crippen LogP contribution in [-0.4, -0.2) is 35.9 Å². The molecule has 0 aliphatic carbocycles. The van der Waals surface area contributed by atoms with E-state index < -0.39 is 0 Å². The fourth-order valence-electron chi connectivity index (χ4n) is 2.20. The van der Waals surface area contributed by atoms with Gasteiger partial charge >= 0.3 is 0 Å². The summed E-state index contributed by atoms with van der Waals surface area (Å²) in [5, 5.41) is 8.86. The largest absolute Gasteiger partial charge is 0.385 e. The molecule has 0 spiro atoms. The summed E-state index contributed by atoms with van der Waals surface area (Å²) in [4.78, 5) is 27.6. The molecule has 0 saturated carbocycles. The number of hydrogen-bond acceptors (Lipinski definition) is 4. The van der Waals surface area contributed by atoms with Gasteiger partial charge in [-0.1, -0.05) is 0 Å². The summed E-state index contributed by atoms with van der Waals surface area (Å²) in [6.45, 7) is 5.09. The number of aromatic nitrogens is 1. The van der Waals surface area contributed by atoms with Crippen LogP contribution >= 0.6 is 0 Å². The van der Waals surface area contributed by atoms with E-state index in [-0.39, 0.29) is 17.9 Å². The van der Waals surface area contributed by atoms with Crippen molar-refractivity contribution in [2.75, 3.05) is 18.4 Å². The van der Waals surface area contributed by atoms with Crippen molar-refractivity contribution >= 4 is 17.5 Å². The molecule has 2 rings (SSSR count). The zero-order chi connectivity index (χ0) is 14.5. The lowest BCUT2D eigenvalue weighted by atomic mass is 10.1. The van der Waals surface area contributed by atoms with E-state index in [1.807, 2.05) is 19.9 Å². The van der Waals surface area contributed by atoms with Crippen molar-refractivity contribution in [3.8, 4) is 0 Å². The normalized spacial score (nSPS) is 18.3. The van der Waals surface area contributed by atoms with Gasteiger partial charge in [-0.25, -0.2) is 0 Å². The summed E-state index contributed by atoms with van der Waals surface area (Å²) >= 11 is 0. The molecule has 0 aromatic carbocycles. The minimum Gasteiger partial charge on any atom is -0.385 e. The molecule has 1 aromatic heterocycles. The lowest BCUT2D eigenvalue weighted by Gasteiger charge is -2.24. The smallest absolute Gasteiger partial charge is 0.255 e. The molecule has 6 heteroatoms. The van der Waals surface area contributed by atoms with Crippen LogP contribution in [0.3, 0.4) is 0 Å². The van der Waals surface area contributed by atoms with Crippen LogP contribution in [0.25, 0.3) is 0 Å². The highest BCUT2D eigenvalue weighted by Gasteiger charge is 2.21. The molecule has 1 aliphatic rings. The van der Waals surface area contributed by atoms with Gasteiger partial charge < -0.3 is 16.0 Å². The van der Waals surface area contributed by atoms with Crippen molar-refractivity contribution in [1.29, 1.82) is 0 Å². The summed E-state index contributed by atoms with van der Waals surface area (Å²) in [6.07, 6.45) is 2.72. The van der Waals surface area contributed by atoms with Gasteiger partial charge in [-0.2, -0.15) is 0 Å². The van der Waals surface area contributed by atoms with Gasteiger partial charge in [0.2, 0.25) is 5.91 Å². The zero-order valence-corrected chi connectivity index (χ0v) is 11.8. The number of amides is 2. The van der Waals surface area contributed by atoms with Crippen LogP contribution in [0.15, 0.2) is 12.3 Å². The van der Waals surface area contributed by atoms with Crippen molar-refractivity contribution in [3.63, 3.8) is 0 Å². The van der Waals surface area contributed by atoms with Crippen LogP contribution < -0.4 is 16.0 Å². The number of carbonyl (C=O) groups excluding carboxylic acids is 2. The van der Waals surface area contributed by atoms with Crippen molar-refractivity contribution in [2.24, 2.45) is 0 Å². The molecular formula is C14H20N4O2. The highest BCUT2D eigenvalue weighted by atomic mass is 16.2. The molecule has 1 atom stereocenters. The van der Waals surface area contributed by atoms with Crippen molar-refractivity contribution in [1.82, 2.24) is 15.6 Å². The third-order valence-corrected chi connectivity index (χ3v) is 3.25. The molecule has 1 unspecified atom stereocenters. The first-order valence-corrected chi connectivity index (χ1v) is 6.88. The minimum absolute atomic E-state index is 0.0176. The maximum absolute atomic E-state index is 12.3. The Bertz CT molecular complexity index is 506. The summed E-state index contributed by atoms with van der Waals surface area (Å²) in [5.74, 6) is -0.115. The number of piperidine rings is 1. The Balaban J connectivity index is 2.06. The lowest BCUT2D eigenvalue weighted by molar-refractivity contribution is -0.122. The number of nitrogens with one attached hydrogen (secondary N) is 3. The summed E-state index contributed by atoms with van der Waals surface area (Å²) < 4.78 is 0. The van der Waals surface area contributed by atoms with Crippen molar-refractivity contribution < 1.29 is 9.59 Å². The highest BCUT2D eigenvalue weighted by molar-refractivity contribution is 5.99. The van der Waals surface area contributed by atoms with Crippen LogP contribution in [0.4, 0.5) is 5.69 Å². The monoisotopic (exact) mass is 276 g/mol. The topological polar surface area (TPSA) is 83.1 Å². The first-order valence-electron chi connectivity index (χ1n) is 6.88. The fraction of sp³-hybridized carbons (Fsp3) is 0.500. The molecular weight excluding hydrogens is 256 g/mol. The van der Waals surface area contributed by atoms with E-state index in [9.17, 15) is 9.59 Å². The second kappa shape index (κ2) is 6.36. The Morgan fingerprint density at radius 1 is 1.55 bits per heavy atom. The second-order valence-electron chi connectivity index (χ2n) is 4.91. The van der Waals surface area contributed by atoms with Crippen LogP contribution in [0, 0.1) is 6.92 Å². The summed E-state index contributed by atoms with van der Waals surface area (Å²) in [6, 6.07) is 1.84. The lowest BCUT2D eigenvalue weighted by Crippen LogP contribution is -2.47. The standard InChI is InChI=1S/C14H20N4O2/c1-3-15-12-6-9(2)16-8-11(12)14(20)18-10-4-5-13(19)17-7-10/h6,8,10H,3-5,7H2,1-2H3,(H,15,16)(H,17,19)(H,18,20). The number of carbonyl (C=O) groups is 2. The van der Waals surface area contributed by atoms with Crippen molar-refractivity contribution in [3.05, 3.63) is 23.5 Å². The SMILES string of the molecule is CCNc1cc(C)ncc1C(=O)NC1CCC(=O)NC1. The molecule has 20 heavy (non-hydrogen) atoms. The number of hydrogen-bond donors (Lipinski definition) is 3. The third kappa shape index (κ3) is 3.46. The highest BCUT2D eigenvalue weighted by Crippen LogP contribution is 2.16. The van der Waals surface area contributed by atoms with Gasteiger partial charge in [-0.15, -0.1) is 0 Å². The van der Waals surface area contributed by atoms with E-state index in [1.54, 1.807) is 6.20 Å². The maximum atomic E-state index is 12.3. The van der Waals surface area contributed by atoms with Crippen LogP contribution in [0.1, 0.15) is 35.8 Å². The van der Waals surface area contributed by atoms with Crippen LogP contribution in [0.5, 0.6) is 0 Å². The number of anilines is 1. The number of nitrogens with zero attached hydrogens (tertiary/aromatic N) is 1. The molecule has 1 saturated heterocycles. The van der Waals surface area contributed by atoms with E-state index in [1.165, 1.54) is 0 Å². The predicted molar refractivity (Wildman–Crippen MR) is 76.6 cm³/mol. The molecule has 108 valence electrons. The van der Waals surface area contributed by atoms with E-state index in [0.29, 0.717) is 24.9 Å². The fourth-order valence-corrected chi connectivity index (χ4v) is 2.20. The Morgan fingerprint density at radius 2 is 2.35 bits per heavy atom. The molecule has 3 N–H and O–H groups in total. The molecule has 2 amide bonds. The van der Waals surface area contributed by atoms with Gasteiger partial charge in [0.1, 0.15) is 0 Å². The zero-order valence-electron chi connectivity index (χ0n) is 11.8. The molecule has 6 nitrogen and oxygen atoms in total. The van der Waals surface area contributed by atoms with E-state index in [2.05, 4.69) is 20.9 Å². The Kier molecular flexibility index (Phi) is 4.55. The quantitative estimate of drug-likeness (QED) is 0.760. The van der Waals surface area contributed by atoms with Crippen molar-refractivity contribution in [2.45, 2.75) is 32.7 Å². The predicted octanol–water partition coefficient (Wildman–Crippen LogP) is 0.830. The Morgan fingerprint density at radius 3 is 3.00 bits per heavy atom. The van der Waals surface area contributed by atoms with Gasteiger partial charge in [0.05, 0.1) is 11.3 Å². The Hall–Kier alpha value is -2.11. The van der Waals surface area contributed by atoms with E-state index in [0.717, 1.165) is 17.9 Å². The van der Waals surface area contributed by atoms with Gasteiger partial charge in [0.25, 0.3) is 5.91 Å². The number of pyridine rings is 1. The molecule has 0 radical (unpaired) electrons. The number of rotatable bonds is 4. The number of aryl methyl sites for hydroxylation is 1. The first kappa shape index (κ1) is 14.3. The third-order valence-electron chi connectivity index (χ3n) is 3.25. The second-order valence-corrected chi connectivity index (χ2v) is 4.91. The van der Waals surface area contributed by atoms with Crippen LogP contribution in [0.2, 0.25) is 0 Å². The maximum Gasteiger partial charge on any atom is 0.255 e. The van der Waals surface area contributed by atoms with Gasteiger partial charge in [0.15, 0.2) is 0 Å². The van der Waals surface area contributed by atoms with Gasteiger partial charge in [-0.3, -0.25) is 14.6 Å². The van der Waals surface area contributed by atoms with Gasteiger partial charge in [-0.05, 0) is 26.3 Å². The average molecular weight is 276 g/mol. The molecule has 1 fully saturated rings. The first-order chi connectivity index (χ1) is 9.60. The molecule has 0 bridgehead atoms.